The van der Waals surface area contributed by atoms with Crippen molar-refractivity contribution in [2.75, 3.05) is 0 Å². The maximum atomic E-state index is 10.6. The molecule has 0 unspecified atom stereocenters. The number of carbonyl (C=O) groups is 1. The molecule has 0 amide bonds. The molecular formula is C9H8BrO3. The SMILES string of the molecule is CC(=O)Oc1cc(Br)cc([CH]O)c1. The summed E-state index contributed by atoms with van der Waals surface area (Å²) in [5, 5.41) is 8.73. The number of esters is 1. The van der Waals surface area contributed by atoms with Crippen LogP contribution in [0.1, 0.15) is 12.5 Å². The molecular weight excluding hydrogens is 236 g/mol. The molecule has 1 aromatic carbocycles. The van der Waals surface area contributed by atoms with Gasteiger partial charge in [0.25, 0.3) is 0 Å². The molecule has 0 aliphatic rings. The molecule has 0 fully saturated rings. The molecule has 0 bridgehead atoms. The summed E-state index contributed by atoms with van der Waals surface area (Å²) in [5.74, 6) is 0.0177. The lowest BCUT2D eigenvalue weighted by molar-refractivity contribution is -0.131. The summed E-state index contributed by atoms with van der Waals surface area (Å²) in [5.41, 5.74) is 0.575. The molecule has 0 aliphatic heterocycles. The Morgan fingerprint density at radius 3 is 2.77 bits per heavy atom. The van der Waals surface area contributed by atoms with Gasteiger partial charge in [0, 0.05) is 11.4 Å². The maximum absolute atomic E-state index is 10.6. The highest BCUT2D eigenvalue weighted by Gasteiger charge is 2.02. The van der Waals surface area contributed by atoms with Crippen molar-refractivity contribution in [2.45, 2.75) is 6.92 Å². The van der Waals surface area contributed by atoms with E-state index in [0.29, 0.717) is 11.3 Å². The molecule has 0 aromatic heterocycles. The highest BCUT2D eigenvalue weighted by atomic mass is 79.9. The molecule has 0 aliphatic carbocycles. The van der Waals surface area contributed by atoms with E-state index in [0.717, 1.165) is 11.1 Å². The lowest BCUT2D eigenvalue weighted by Crippen LogP contribution is -2.01. The average Bonchev–Trinajstić information content (AvgIpc) is 2.01. The molecule has 69 valence electrons. The van der Waals surface area contributed by atoms with Crippen molar-refractivity contribution >= 4 is 21.9 Å². The van der Waals surface area contributed by atoms with E-state index in [9.17, 15) is 4.79 Å². The van der Waals surface area contributed by atoms with E-state index in [2.05, 4.69) is 15.9 Å². The predicted octanol–water partition coefficient (Wildman–Crippen LogP) is 2.26. The average molecular weight is 244 g/mol. The van der Waals surface area contributed by atoms with Crippen molar-refractivity contribution in [3.05, 3.63) is 34.8 Å². The minimum Gasteiger partial charge on any atom is -0.427 e. The number of benzene rings is 1. The summed E-state index contributed by atoms with van der Waals surface area (Å²) in [6.45, 7) is 2.26. The molecule has 0 saturated carbocycles. The van der Waals surface area contributed by atoms with Crippen LogP contribution in [0.3, 0.4) is 0 Å². The number of hydrogen-bond donors (Lipinski definition) is 1. The number of rotatable bonds is 2. The Kier molecular flexibility index (Phi) is 3.45. The van der Waals surface area contributed by atoms with E-state index in [4.69, 9.17) is 9.84 Å². The van der Waals surface area contributed by atoms with E-state index in [1.54, 1.807) is 18.2 Å². The predicted molar refractivity (Wildman–Crippen MR) is 50.8 cm³/mol. The van der Waals surface area contributed by atoms with Gasteiger partial charge in [0.1, 0.15) is 12.4 Å². The van der Waals surface area contributed by atoms with Crippen molar-refractivity contribution < 1.29 is 14.6 Å². The second-order valence-corrected chi connectivity index (χ2v) is 3.36. The summed E-state index contributed by atoms with van der Waals surface area (Å²) in [7, 11) is 0. The lowest BCUT2D eigenvalue weighted by atomic mass is 10.2. The molecule has 0 heterocycles. The van der Waals surface area contributed by atoms with Crippen LogP contribution in [0.15, 0.2) is 22.7 Å². The quantitative estimate of drug-likeness (QED) is 0.641. The highest BCUT2D eigenvalue weighted by Crippen LogP contribution is 2.22. The topological polar surface area (TPSA) is 46.5 Å². The van der Waals surface area contributed by atoms with E-state index in [-0.39, 0.29) is 5.97 Å². The first kappa shape index (κ1) is 10.2. The van der Waals surface area contributed by atoms with Gasteiger partial charge >= 0.3 is 5.97 Å². The van der Waals surface area contributed by atoms with Gasteiger partial charge in [-0.2, -0.15) is 0 Å². The molecule has 0 saturated heterocycles. The molecule has 1 radical (unpaired) electrons. The van der Waals surface area contributed by atoms with Gasteiger partial charge in [0.2, 0.25) is 0 Å². The fourth-order valence-corrected chi connectivity index (χ4v) is 1.37. The molecule has 1 N–H and O–H groups in total. The standard InChI is InChI=1S/C9H8BrO3/c1-6(12)13-9-3-7(5-11)2-8(10)4-9/h2-5,11H,1H3. The zero-order chi connectivity index (χ0) is 9.84. The molecule has 13 heavy (non-hydrogen) atoms. The van der Waals surface area contributed by atoms with Crippen LogP contribution in [0, 0.1) is 6.61 Å². The van der Waals surface area contributed by atoms with E-state index in [1.165, 1.54) is 6.92 Å². The van der Waals surface area contributed by atoms with E-state index in [1.807, 2.05) is 0 Å². The fourth-order valence-electron chi connectivity index (χ4n) is 0.884. The Balaban J connectivity index is 2.94. The molecule has 3 nitrogen and oxygen atoms in total. The van der Waals surface area contributed by atoms with Crippen molar-refractivity contribution in [1.82, 2.24) is 0 Å². The molecule has 0 atom stereocenters. The van der Waals surface area contributed by atoms with Gasteiger partial charge in [-0.1, -0.05) is 15.9 Å². The van der Waals surface area contributed by atoms with Crippen LogP contribution in [0.4, 0.5) is 0 Å². The second-order valence-electron chi connectivity index (χ2n) is 2.44. The summed E-state index contributed by atoms with van der Waals surface area (Å²) >= 11 is 3.22. The van der Waals surface area contributed by atoms with Crippen molar-refractivity contribution in [3.8, 4) is 5.75 Å². The third-order valence-electron chi connectivity index (χ3n) is 1.30. The Bertz CT molecular complexity index is 323. The first-order valence-electron chi connectivity index (χ1n) is 3.58. The molecule has 1 aromatic rings. The Morgan fingerprint density at radius 2 is 2.23 bits per heavy atom. The molecule has 4 heteroatoms. The van der Waals surface area contributed by atoms with Crippen molar-refractivity contribution in [1.29, 1.82) is 0 Å². The maximum Gasteiger partial charge on any atom is 0.308 e. The summed E-state index contributed by atoms with van der Waals surface area (Å²) < 4.78 is 5.58. The van der Waals surface area contributed by atoms with Crippen LogP contribution in [-0.4, -0.2) is 11.1 Å². The van der Waals surface area contributed by atoms with Crippen molar-refractivity contribution in [3.63, 3.8) is 0 Å². The number of aliphatic hydroxyl groups excluding tert-OH is 1. The van der Waals surface area contributed by atoms with Crippen LogP contribution in [0.2, 0.25) is 0 Å². The Morgan fingerprint density at radius 1 is 1.54 bits per heavy atom. The highest BCUT2D eigenvalue weighted by molar-refractivity contribution is 9.10. The van der Waals surface area contributed by atoms with Crippen LogP contribution >= 0.6 is 15.9 Å². The fraction of sp³-hybridized carbons (Fsp3) is 0.111. The summed E-state index contributed by atoms with van der Waals surface area (Å²) in [4.78, 5) is 10.6. The molecule has 0 spiro atoms. The smallest absolute Gasteiger partial charge is 0.308 e. The minimum absolute atomic E-state index is 0.387. The van der Waals surface area contributed by atoms with Gasteiger partial charge in [-0.3, -0.25) is 4.79 Å². The lowest BCUT2D eigenvalue weighted by Gasteiger charge is -2.03. The third kappa shape index (κ3) is 3.16. The number of aliphatic hydroxyl groups is 1. The summed E-state index contributed by atoms with van der Waals surface area (Å²) in [6, 6.07) is 4.91. The van der Waals surface area contributed by atoms with Gasteiger partial charge in [-0.05, 0) is 23.8 Å². The van der Waals surface area contributed by atoms with Gasteiger partial charge in [-0.25, -0.2) is 0 Å². The van der Waals surface area contributed by atoms with Crippen LogP contribution in [0.5, 0.6) is 5.75 Å². The normalized spacial score (nSPS) is 9.77. The van der Waals surface area contributed by atoms with Gasteiger partial charge < -0.3 is 9.84 Å². The van der Waals surface area contributed by atoms with Gasteiger partial charge in [0.05, 0.1) is 0 Å². The summed E-state index contributed by atoms with van der Waals surface area (Å²) in [6.07, 6.45) is 0. The first-order valence-corrected chi connectivity index (χ1v) is 4.37. The number of halogens is 1. The van der Waals surface area contributed by atoms with Crippen molar-refractivity contribution in [2.24, 2.45) is 0 Å². The Labute approximate surface area is 84.5 Å². The number of carbonyl (C=O) groups excluding carboxylic acids is 1. The van der Waals surface area contributed by atoms with Crippen LogP contribution in [0.25, 0.3) is 0 Å². The third-order valence-corrected chi connectivity index (χ3v) is 1.76. The number of hydrogen-bond acceptors (Lipinski definition) is 3. The van der Waals surface area contributed by atoms with Crippen LogP contribution < -0.4 is 4.74 Å². The van der Waals surface area contributed by atoms with Gasteiger partial charge in [0.15, 0.2) is 0 Å². The monoisotopic (exact) mass is 243 g/mol. The van der Waals surface area contributed by atoms with Crippen LogP contribution in [-0.2, 0) is 4.79 Å². The zero-order valence-corrected chi connectivity index (χ0v) is 8.54. The molecule has 1 rings (SSSR count). The van der Waals surface area contributed by atoms with E-state index < -0.39 is 0 Å². The van der Waals surface area contributed by atoms with Gasteiger partial charge in [-0.15, -0.1) is 0 Å². The largest absolute Gasteiger partial charge is 0.427 e. The minimum atomic E-state index is -0.387. The Hall–Kier alpha value is -0.870. The zero-order valence-electron chi connectivity index (χ0n) is 6.95. The van der Waals surface area contributed by atoms with E-state index >= 15 is 0 Å². The first-order chi connectivity index (χ1) is 6.11. The number of ether oxygens (including phenoxy) is 1. The second kappa shape index (κ2) is 4.39.